The predicted octanol–water partition coefficient (Wildman–Crippen LogP) is 2.05. The van der Waals surface area contributed by atoms with E-state index in [-0.39, 0.29) is 6.10 Å². The number of rotatable bonds is 4. The molecular weight excluding hydrogens is 159 g/mol. The third-order valence-electron chi connectivity index (χ3n) is 1.84. The molecule has 1 aliphatic heterocycles. The minimum absolute atomic E-state index is 0.0614. The summed E-state index contributed by atoms with van der Waals surface area (Å²) < 4.78 is 22.8. The van der Waals surface area contributed by atoms with Gasteiger partial charge in [0.2, 0.25) is 0 Å². The van der Waals surface area contributed by atoms with Gasteiger partial charge in [0.25, 0.3) is 0 Å². The number of hydrogen-bond donors (Lipinski definition) is 0. The summed E-state index contributed by atoms with van der Waals surface area (Å²) >= 11 is 0. The number of ether oxygens (including phenoxy) is 2. The monoisotopic (exact) mass is 174 g/mol. The Labute approximate surface area is 72.4 Å². The fourth-order valence-electron chi connectivity index (χ4n) is 1.26. The standard InChI is InChI=1S/C9H15FO2/c1-2-6-11-7-8-4-3-5-9(10)12-8/h2,8-9H,1,3-7H2/t8?,9-/m0/s1. The molecule has 1 heterocycles. The quantitative estimate of drug-likeness (QED) is 0.479. The van der Waals surface area contributed by atoms with Crippen LogP contribution in [-0.4, -0.2) is 25.7 Å². The second-order valence-corrected chi connectivity index (χ2v) is 2.93. The number of alkyl halides is 1. The highest BCUT2D eigenvalue weighted by atomic mass is 19.1. The Morgan fingerprint density at radius 2 is 2.42 bits per heavy atom. The maximum atomic E-state index is 12.6. The van der Waals surface area contributed by atoms with Crippen molar-refractivity contribution in [3.63, 3.8) is 0 Å². The van der Waals surface area contributed by atoms with Gasteiger partial charge in [-0.3, -0.25) is 0 Å². The molecule has 0 aromatic heterocycles. The zero-order valence-electron chi connectivity index (χ0n) is 7.17. The summed E-state index contributed by atoms with van der Waals surface area (Å²) in [5, 5.41) is 0. The molecule has 2 nitrogen and oxygen atoms in total. The van der Waals surface area contributed by atoms with Crippen LogP contribution in [-0.2, 0) is 9.47 Å². The highest BCUT2D eigenvalue weighted by molar-refractivity contribution is 4.68. The van der Waals surface area contributed by atoms with E-state index in [2.05, 4.69) is 6.58 Å². The second kappa shape index (κ2) is 5.27. The topological polar surface area (TPSA) is 18.5 Å². The van der Waals surface area contributed by atoms with E-state index in [9.17, 15) is 4.39 Å². The van der Waals surface area contributed by atoms with Crippen molar-refractivity contribution in [2.75, 3.05) is 13.2 Å². The molecule has 1 unspecified atom stereocenters. The lowest BCUT2D eigenvalue weighted by molar-refractivity contribution is -0.137. The molecular formula is C9H15FO2. The predicted molar refractivity (Wildman–Crippen MR) is 44.6 cm³/mol. The Morgan fingerprint density at radius 1 is 1.58 bits per heavy atom. The van der Waals surface area contributed by atoms with E-state index in [1.54, 1.807) is 6.08 Å². The summed E-state index contributed by atoms with van der Waals surface area (Å²) in [6.45, 7) is 4.51. The summed E-state index contributed by atoms with van der Waals surface area (Å²) in [6, 6.07) is 0. The molecule has 1 saturated heterocycles. The molecule has 2 atom stereocenters. The molecule has 70 valence electrons. The normalized spacial score (nSPS) is 30.1. The van der Waals surface area contributed by atoms with Gasteiger partial charge in [0.05, 0.1) is 19.3 Å². The smallest absolute Gasteiger partial charge is 0.199 e. The third-order valence-corrected chi connectivity index (χ3v) is 1.84. The molecule has 1 fully saturated rings. The first-order chi connectivity index (χ1) is 5.83. The van der Waals surface area contributed by atoms with E-state index < -0.39 is 6.36 Å². The zero-order valence-corrected chi connectivity index (χ0v) is 7.17. The van der Waals surface area contributed by atoms with E-state index in [0.29, 0.717) is 19.6 Å². The van der Waals surface area contributed by atoms with Crippen LogP contribution in [0.3, 0.4) is 0 Å². The first kappa shape index (κ1) is 9.68. The van der Waals surface area contributed by atoms with Gasteiger partial charge in [-0.2, -0.15) is 0 Å². The van der Waals surface area contributed by atoms with Crippen LogP contribution in [0, 0.1) is 0 Å². The van der Waals surface area contributed by atoms with Gasteiger partial charge in [0.15, 0.2) is 6.36 Å². The van der Waals surface area contributed by atoms with E-state index in [0.717, 1.165) is 12.8 Å². The summed E-state index contributed by atoms with van der Waals surface area (Å²) in [4.78, 5) is 0. The Kier molecular flexibility index (Phi) is 4.25. The van der Waals surface area contributed by atoms with Crippen molar-refractivity contribution >= 4 is 0 Å². The van der Waals surface area contributed by atoms with Gasteiger partial charge in [-0.1, -0.05) is 6.08 Å². The highest BCUT2D eigenvalue weighted by Gasteiger charge is 2.21. The van der Waals surface area contributed by atoms with Crippen molar-refractivity contribution in [3.8, 4) is 0 Å². The Bertz CT molecular complexity index is 138. The minimum Gasteiger partial charge on any atom is -0.375 e. The van der Waals surface area contributed by atoms with Crippen LogP contribution >= 0.6 is 0 Å². The molecule has 1 rings (SSSR count). The summed E-state index contributed by atoms with van der Waals surface area (Å²) in [5.74, 6) is 0. The average Bonchev–Trinajstić information content (AvgIpc) is 2.05. The molecule has 0 N–H and O–H groups in total. The molecule has 0 aromatic carbocycles. The first-order valence-corrected chi connectivity index (χ1v) is 4.31. The molecule has 0 saturated carbocycles. The van der Waals surface area contributed by atoms with Crippen LogP contribution in [0.15, 0.2) is 12.7 Å². The Morgan fingerprint density at radius 3 is 3.08 bits per heavy atom. The number of halogens is 1. The molecule has 12 heavy (non-hydrogen) atoms. The second-order valence-electron chi connectivity index (χ2n) is 2.93. The van der Waals surface area contributed by atoms with E-state index in [1.807, 2.05) is 0 Å². The highest BCUT2D eigenvalue weighted by Crippen LogP contribution is 2.19. The van der Waals surface area contributed by atoms with Gasteiger partial charge in [0.1, 0.15) is 0 Å². The average molecular weight is 174 g/mol. The maximum Gasteiger partial charge on any atom is 0.199 e. The third kappa shape index (κ3) is 3.32. The van der Waals surface area contributed by atoms with Crippen LogP contribution in [0.1, 0.15) is 19.3 Å². The fourth-order valence-corrected chi connectivity index (χ4v) is 1.26. The van der Waals surface area contributed by atoms with Crippen molar-refractivity contribution in [1.29, 1.82) is 0 Å². The lowest BCUT2D eigenvalue weighted by Crippen LogP contribution is -2.28. The van der Waals surface area contributed by atoms with E-state index >= 15 is 0 Å². The molecule has 0 radical (unpaired) electrons. The van der Waals surface area contributed by atoms with Crippen molar-refractivity contribution in [2.45, 2.75) is 31.7 Å². The Balaban J connectivity index is 2.09. The summed E-state index contributed by atoms with van der Waals surface area (Å²) in [6.07, 6.45) is 2.85. The van der Waals surface area contributed by atoms with Gasteiger partial charge in [-0.15, -0.1) is 6.58 Å². The van der Waals surface area contributed by atoms with Gasteiger partial charge in [-0.05, 0) is 12.8 Å². The van der Waals surface area contributed by atoms with E-state index in [4.69, 9.17) is 9.47 Å². The lowest BCUT2D eigenvalue weighted by Gasteiger charge is -2.24. The maximum absolute atomic E-state index is 12.6. The zero-order chi connectivity index (χ0) is 8.81. The SMILES string of the molecule is C=CCOCC1CCC[C@@H](F)O1. The van der Waals surface area contributed by atoms with Gasteiger partial charge < -0.3 is 9.47 Å². The van der Waals surface area contributed by atoms with Gasteiger partial charge >= 0.3 is 0 Å². The van der Waals surface area contributed by atoms with Crippen LogP contribution in [0.5, 0.6) is 0 Å². The first-order valence-electron chi connectivity index (χ1n) is 4.31. The van der Waals surface area contributed by atoms with Crippen molar-refractivity contribution < 1.29 is 13.9 Å². The molecule has 0 aromatic rings. The minimum atomic E-state index is -1.09. The van der Waals surface area contributed by atoms with Crippen LogP contribution < -0.4 is 0 Å². The van der Waals surface area contributed by atoms with Crippen LogP contribution in [0.2, 0.25) is 0 Å². The molecule has 0 spiro atoms. The lowest BCUT2D eigenvalue weighted by atomic mass is 10.1. The van der Waals surface area contributed by atoms with E-state index in [1.165, 1.54) is 0 Å². The largest absolute Gasteiger partial charge is 0.375 e. The van der Waals surface area contributed by atoms with Gasteiger partial charge in [-0.25, -0.2) is 4.39 Å². The summed E-state index contributed by atoms with van der Waals surface area (Å²) in [7, 11) is 0. The number of hydrogen-bond acceptors (Lipinski definition) is 2. The molecule has 0 amide bonds. The molecule has 3 heteroatoms. The van der Waals surface area contributed by atoms with Gasteiger partial charge in [0, 0.05) is 6.42 Å². The van der Waals surface area contributed by atoms with Crippen molar-refractivity contribution in [1.82, 2.24) is 0 Å². The fraction of sp³-hybridized carbons (Fsp3) is 0.778. The molecule has 1 aliphatic rings. The summed E-state index contributed by atoms with van der Waals surface area (Å²) in [5.41, 5.74) is 0. The molecule has 0 aliphatic carbocycles. The van der Waals surface area contributed by atoms with Crippen molar-refractivity contribution in [3.05, 3.63) is 12.7 Å². The molecule has 0 bridgehead atoms. The van der Waals surface area contributed by atoms with Crippen molar-refractivity contribution in [2.24, 2.45) is 0 Å². The van der Waals surface area contributed by atoms with Crippen LogP contribution in [0.25, 0.3) is 0 Å². The Hall–Kier alpha value is -0.410. The van der Waals surface area contributed by atoms with Crippen LogP contribution in [0.4, 0.5) is 4.39 Å².